The summed E-state index contributed by atoms with van der Waals surface area (Å²) in [6.07, 6.45) is 0. The summed E-state index contributed by atoms with van der Waals surface area (Å²) in [4.78, 5) is 10.4. The van der Waals surface area contributed by atoms with Gasteiger partial charge in [0.25, 0.3) is 5.69 Å². The molecular formula is C8H6N2O2S. The van der Waals surface area contributed by atoms with Crippen molar-refractivity contribution in [2.75, 3.05) is 0 Å². The molecule has 0 saturated carbocycles. The van der Waals surface area contributed by atoms with Crippen LogP contribution >= 0.6 is 12.6 Å². The molecule has 0 atom stereocenters. The van der Waals surface area contributed by atoms with Crippen molar-refractivity contribution in [3.8, 4) is 6.07 Å². The molecule has 0 aliphatic carbocycles. The Balaban J connectivity index is 3.47. The summed E-state index contributed by atoms with van der Waals surface area (Å²) in [6, 6.07) is 4.72. The van der Waals surface area contributed by atoms with E-state index < -0.39 is 4.92 Å². The zero-order valence-corrected chi connectivity index (χ0v) is 7.71. The average Bonchev–Trinajstić information content (AvgIpc) is 2.08. The van der Waals surface area contributed by atoms with Crippen molar-refractivity contribution >= 4 is 18.3 Å². The van der Waals surface area contributed by atoms with E-state index in [2.05, 4.69) is 12.6 Å². The highest BCUT2D eigenvalue weighted by molar-refractivity contribution is 7.80. The van der Waals surface area contributed by atoms with Gasteiger partial charge in [-0.25, -0.2) is 0 Å². The molecule has 0 fully saturated rings. The van der Waals surface area contributed by atoms with Gasteiger partial charge in [-0.2, -0.15) is 5.26 Å². The van der Waals surface area contributed by atoms with Gasteiger partial charge in [0.2, 0.25) is 0 Å². The maximum absolute atomic E-state index is 10.5. The lowest BCUT2D eigenvalue weighted by Crippen LogP contribution is -1.94. The maximum Gasteiger partial charge on any atom is 0.274 e. The van der Waals surface area contributed by atoms with Crippen molar-refractivity contribution in [2.24, 2.45) is 0 Å². The molecule has 0 aromatic heterocycles. The number of nitro groups is 1. The van der Waals surface area contributed by atoms with Crippen molar-refractivity contribution in [3.63, 3.8) is 0 Å². The van der Waals surface area contributed by atoms with E-state index in [4.69, 9.17) is 5.26 Å². The molecule has 1 rings (SSSR count). The van der Waals surface area contributed by atoms with Crippen molar-refractivity contribution in [2.45, 2.75) is 11.8 Å². The first-order chi connectivity index (χ1) is 6.06. The van der Waals surface area contributed by atoms with Gasteiger partial charge in [-0.1, -0.05) is 0 Å². The monoisotopic (exact) mass is 194 g/mol. The summed E-state index contributed by atoms with van der Waals surface area (Å²) >= 11 is 3.96. The molecule has 13 heavy (non-hydrogen) atoms. The highest BCUT2D eigenvalue weighted by Crippen LogP contribution is 2.24. The summed E-state index contributed by atoms with van der Waals surface area (Å²) in [7, 11) is 0. The molecule has 0 aliphatic heterocycles. The number of nitro benzene ring substituents is 1. The van der Waals surface area contributed by atoms with Crippen molar-refractivity contribution < 1.29 is 4.92 Å². The van der Waals surface area contributed by atoms with Crippen LogP contribution in [0.15, 0.2) is 17.0 Å². The van der Waals surface area contributed by atoms with Gasteiger partial charge in [-0.15, -0.1) is 12.6 Å². The molecule has 0 saturated heterocycles. The molecule has 0 spiro atoms. The SMILES string of the molecule is Cc1c(C#N)cc(S)cc1[N+](=O)[O-]. The molecule has 4 nitrogen and oxygen atoms in total. The minimum Gasteiger partial charge on any atom is -0.258 e. The van der Waals surface area contributed by atoms with Crippen molar-refractivity contribution in [1.82, 2.24) is 0 Å². The summed E-state index contributed by atoms with van der Waals surface area (Å²) in [6.45, 7) is 1.55. The zero-order chi connectivity index (χ0) is 10.0. The van der Waals surface area contributed by atoms with E-state index in [0.717, 1.165) is 0 Å². The van der Waals surface area contributed by atoms with Crippen LogP contribution in [0, 0.1) is 28.4 Å². The van der Waals surface area contributed by atoms with Crippen LogP contribution in [0.4, 0.5) is 5.69 Å². The van der Waals surface area contributed by atoms with Crippen LogP contribution < -0.4 is 0 Å². The quantitative estimate of drug-likeness (QED) is 0.422. The van der Waals surface area contributed by atoms with Crippen LogP contribution in [0.3, 0.4) is 0 Å². The van der Waals surface area contributed by atoms with Crippen LogP contribution in [-0.4, -0.2) is 4.92 Å². The second kappa shape index (κ2) is 3.46. The number of nitriles is 1. The lowest BCUT2D eigenvalue weighted by molar-refractivity contribution is -0.385. The Morgan fingerprint density at radius 2 is 2.23 bits per heavy atom. The van der Waals surface area contributed by atoms with Gasteiger partial charge in [-0.3, -0.25) is 10.1 Å². The predicted octanol–water partition coefficient (Wildman–Crippen LogP) is 2.06. The van der Waals surface area contributed by atoms with Gasteiger partial charge in [0.15, 0.2) is 0 Å². The third-order valence-electron chi connectivity index (χ3n) is 1.68. The van der Waals surface area contributed by atoms with Crippen LogP contribution in [0.1, 0.15) is 11.1 Å². The first kappa shape index (κ1) is 9.55. The van der Waals surface area contributed by atoms with Crippen LogP contribution in [0.2, 0.25) is 0 Å². The standard InChI is InChI=1S/C8H6N2O2S/c1-5-6(4-9)2-7(13)3-8(5)10(11)12/h2-3,13H,1H3. The van der Waals surface area contributed by atoms with Crippen LogP contribution in [-0.2, 0) is 0 Å². The minimum absolute atomic E-state index is 0.0657. The normalized spacial score (nSPS) is 9.31. The lowest BCUT2D eigenvalue weighted by Gasteiger charge is -1.99. The molecule has 0 amide bonds. The highest BCUT2D eigenvalue weighted by Gasteiger charge is 2.14. The summed E-state index contributed by atoms with van der Waals surface area (Å²) in [5, 5.41) is 19.1. The van der Waals surface area contributed by atoms with Gasteiger partial charge in [-0.05, 0) is 13.0 Å². The fraction of sp³-hybridized carbons (Fsp3) is 0.125. The van der Waals surface area contributed by atoms with E-state index in [1.165, 1.54) is 12.1 Å². The first-order valence-electron chi connectivity index (χ1n) is 3.44. The van der Waals surface area contributed by atoms with E-state index in [-0.39, 0.29) is 5.69 Å². The third kappa shape index (κ3) is 1.79. The fourth-order valence-electron chi connectivity index (χ4n) is 0.990. The van der Waals surface area contributed by atoms with E-state index in [9.17, 15) is 10.1 Å². The molecule has 0 unspecified atom stereocenters. The maximum atomic E-state index is 10.5. The smallest absolute Gasteiger partial charge is 0.258 e. The number of nitrogens with zero attached hydrogens (tertiary/aromatic N) is 2. The Labute approximate surface area is 80.4 Å². The van der Waals surface area contributed by atoms with Crippen LogP contribution in [0.25, 0.3) is 0 Å². The summed E-state index contributed by atoms with van der Waals surface area (Å²) in [5.41, 5.74) is 0.605. The Morgan fingerprint density at radius 1 is 1.62 bits per heavy atom. The highest BCUT2D eigenvalue weighted by atomic mass is 32.1. The van der Waals surface area contributed by atoms with E-state index in [1.54, 1.807) is 6.92 Å². The van der Waals surface area contributed by atoms with Gasteiger partial charge >= 0.3 is 0 Å². The van der Waals surface area contributed by atoms with E-state index in [1.807, 2.05) is 6.07 Å². The predicted molar refractivity (Wildman–Crippen MR) is 49.8 cm³/mol. The Kier molecular flexibility index (Phi) is 2.54. The van der Waals surface area contributed by atoms with Gasteiger partial charge in [0, 0.05) is 16.5 Å². The molecular weight excluding hydrogens is 188 g/mol. The number of rotatable bonds is 1. The van der Waals surface area contributed by atoms with E-state index >= 15 is 0 Å². The number of hydrogen-bond donors (Lipinski definition) is 1. The molecule has 5 heteroatoms. The average molecular weight is 194 g/mol. The minimum atomic E-state index is -0.518. The first-order valence-corrected chi connectivity index (χ1v) is 3.89. The molecule has 0 radical (unpaired) electrons. The molecule has 1 aromatic carbocycles. The lowest BCUT2D eigenvalue weighted by atomic mass is 10.1. The summed E-state index contributed by atoms with van der Waals surface area (Å²) in [5.74, 6) is 0. The zero-order valence-electron chi connectivity index (χ0n) is 6.81. The molecule has 0 aliphatic rings. The largest absolute Gasteiger partial charge is 0.274 e. The second-order valence-corrected chi connectivity index (χ2v) is 3.02. The second-order valence-electron chi connectivity index (χ2n) is 2.51. The van der Waals surface area contributed by atoms with Crippen LogP contribution in [0.5, 0.6) is 0 Å². The van der Waals surface area contributed by atoms with E-state index in [0.29, 0.717) is 16.0 Å². The molecule has 0 N–H and O–H groups in total. The number of thiol groups is 1. The molecule has 0 bridgehead atoms. The number of benzene rings is 1. The van der Waals surface area contributed by atoms with Gasteiger partial charge in [0.1, 0.15) is 0 Å². The van der Waals surface area contributed by atoms with Gasteiger partial charge in [0.05, 0.1) is 16.6 Å². The molecule has 1 aromatic rings. The third-order valence-corrected chi connectivity index (χ3v) is 1.94. The fourth-order valence-corrected chi connectivity index (χ4v) is 1.24. The van der Waals surface area contributed by atoms with Crippen molar-refractivity contribution in [3.05, 3.63) is 33.4 Å². The topological polar surface area (TPSA) is 66.9 Å². The van der Waals surface area contributed by atoms with Gasteiger partial charge < -0.3 is 0 Å². The van der Waals surface area contributed by atoms with Crippen molar-refractivity contribution in [1.29, 1.82) is 5.26 Å². The molecule has 0 heterocycles. The Hall–Kier alpha value is -1.54. The summed E-state index contributed by atoms with van der Waals surface area (Å²) < 4.78 is 0. The number of hydrogen-bond acceptors (Lipinski definition) is 4. The molecule has 66 valence electrons. The Bertz CT molecular complexity index is 409. The Morgan fingerprint density at radius 3 is 2.69 bits per heavy atom.